The van der Waals surface area contributed by atoms with Crippen LogP contribution in [0, 0.1) is 13.8 Å². The van der Waals surface area contributed by atoms with E-state index < -0.39 is 12.7 Å². The summed E-state index contributed by atoms with van der Waals surface area (Å²) in [5.74, 6) is 0.646. The van der Waals surface area contributed by atoms with Gasteiger partial charge in [0.15, 0.2) is 0 Å². The lowest BCUT2D eigenvalue weighted by Crippen LogP contribution is -2.22. The van der Waals surface area contributed by atoms with E-state index in [0.29, 0.717) is 11.4 Å². The van der Waals surface area contributed by atoms with E-state index in [4.69, 9.17) is 5.73 Å². The van der Waals surface area contributed by atoms with Crippen LogP contribution in [0.4, 0.5) is 24.8 Å². The number of nitrogens with one attached hydrogen (secondary N) is 1. The minimum atomic E-state index is -4.28. The van der Waals surface area contributed by atoms with Gasteiger partial charge in [0.1, 0.15) is 24.0 Å². The number of nitrogens with two attached hydrogens (primary N) is 1. The van der Waals surface area contributed by atoms with Crippen LogP contribution in [0.1, 0.15) is 11.4 Å². The fourth-order valence-corrected chi connectivity index (χ4v) is 1.01. The van der Waals surface area contributed by atoms with Crippen LogP contribution < -0.4 is 11.1 Å². The molecule has 1 heterocycles. The number of aromatic nitrogens is 2. The highest BCUT2D eigenvalue weighted by atomic mass is 19.4. The van der Waals surface area contributed by atoms with E-state index >= 15 is 0 Å². The number of hydrogen-bond donors (Lipinski definition) is 2. The number of hydrogen-bond acceptors (Lipinski definition) is 4. The highest BCUT2D eigenvalue weighted by molar-refractivity contribution is 5.54. The SMILES string of the molecule is Cc1nc(N)c(C)c(NCC(F)(F)F)n1. The van der Waals surface area contributed by atoms with Gasteiger partial charge in [-0.15, -0.1) is 0 Å². The van der Waals surface area contributed by atoms with E-state index in [-0.39, 0.29) is 11.6 Å². The van der Waals surface area contributed by atoms with Gasteiger partial charge in [-0.2, -0.15) is 13.2 Å². The predicted octanol–water partition coefficient (Wildman–Crippen LogP) is 1.65. The van der Waals surface area contributed by atoms with E-state index in [1.54, 1.807) is 13.8 Å². The molecule has 0 aliphatic carbocycles. The van der Waals surface area contributed by atoms with Crippen molar-refractivity contribution in [1.82, 2.24) is 9.97 Å². The summed E-state index contributed by atoms with van der Waals surface area (Å²) in [5, 5.41) is 2.18. The average Bonchev–Trinajstić information content (AvgIpc) is 2.07. The van der Waals surface area contributed by atoms with E-state index in [2.05, 4.69) is 15.3 Å². The Kier molecular flexibility index (Phi) is 3.01. The van der Waals surface area contributed by atoms with Crippen LogP contribution in [0.3, 0.4) is 0 Å². The first-order chi connectivity index (χ1) is 6.79. The molecule has 1 rings (SSSR count). The molecule has 0 radical (unpaired) electrons. The molecule has 7 heteroatoms. The number of nitrogen functional groups attached to an aromatic ring is 1. The van der Waals surface area contributed by atoms with Crippen LogP contribution in [-0.2, 0) is 0 Å². The average molecular weight is 220 g/mol. The minimum absolute atomic E-state index is 0.123. The van der Waals surface area contributed by atoms with E-state index in [9.17, 15) is 13.2 Å². The third-order valence-corrected chi connectivity index (χ3v) is 1.75. The zero-order valence-electron chi connectivity index (χ0n) is 8.31. The van der Waals surface area contributed by atoms with Gasteiger partial charge in [0.25, 0.3) is 0 Å². The first-order valence-corrected chi connectivity index (χ1v) is 4.21. The Morgan fingerprint density at radius 3 is 2.40 bits per heavy atom. The molecule has 0 atom stereocenters. The third-order valence-electron chi connectivity index (χ3n) is 1.75. The molecule has 3 N–H and O–H groups in total. The monoisotopic (exact) mass is 220 g/mol. The number of anilines is 2. The summed E-state index contributed by atoms with van der Waals surface area (Å²) in [5.41, 5.74) is 5.91. The van der Waals surface area contributed by atoms with Gasteiger partial charge in [0, 0.05) is 5.56 Å². The summed E-state index contributed by atoms with van der Waals surface area (Å²) in [7, 11) is 0. The van der Waals surface area contributed by atoms with Gasteiger partial charge >= 0.3 is 6.18 Å². The number of nitrogens with zero attached hydrogens (tertiary/aromatic N) is 2. The summed E-state index contributed by atoms with van der Waals surface area (Å²) < 4.78 is 35.8. The second-order valence-electron chi connectivity index (χ2n) is 3.10. The Balaban J connectivity index is 2.86. The fraction of sp³-hybridized carbons (Fsp3) is 0.500. The lowest BCUT2D eigenvalue weighted by molar-refractivity contribution is -0.115. The Hall–Kier alpha value is -1.53. The Labute approximate surface area is 84.7 Å². The molecule has 0 aliphatic heterocycles. The van der Waals surface area contributed by atoms with Crippen molar-refractivity contribution in [2.75, 3.05) is 17.6 Å². The predicted molar refractivity (Wildman–Crippen MR) is 50.5 cm³/mol. The van der Waals surface area contributed by atoms with Gasteiger partial charge < -0.3 is 11.1 Å². The van der Waals surface area contributed by atoms with Gasteiger partial charge in [-0.25, -0.2) is 9.97 Å². The van der Waals surface area contributed by atoms with Crippen molar-refractivity contribution in [1.29, 1.82) is 0 Å². The standard InChI is InChI=1S/C8H11F3N4/c1-4-6(12)14-5(2)15-7(4)13-3-8(9,10)11/h3H2,1-2H3,(H3,12,13,14,15). The van der Waals surface area contributed by atoms with E-state index in [1.165, 1.54) is 0 Å². The van der Waals surface area contributed by atoms with Crippen molar-refractivity contribution in [3.8, 4) is 0 Å². The summed E-state index contributed by atoms with van der Waals surface area (Å²) in [6.07, 6.45) is -4.28. The van der Waals surface area contributed by atoms with Crippen LogP contribution in [-0.4, -0.2) is 22.7 Å². The number of halogens is 3. The normalized spacial score (nSPS) is 11.5. The molecule has 4 nitrogen and oxygen atoms in total. The molecule has 0 aliphatic rings. The summed E-state index contributed by atoms with van der Waals surface area (Å²) in [6, 6.07) is 0. The first-order valence-electron chi connectivity index (χ1n) is 4.21. The Morgan fingerprint density at radius 2 is 1.87 bits per heavy atom. The van der Waals surface area contributed by atoms with Crippen molar-refractivity contribution in [3.63, 3.8) is 0 Å². The Bertz CT molecular complexity index is 362. The maximum absolute atomic E-state index is 11.9. The molecule has 0 saturated carbocycles. The van der Waals surface area contributed by atoms with Gasteiger partial charge in [0.2, 0.25) is 0 Å². The van der Waals surface area contributed by atoms with Gasteiger partial charge in [-0.3, -0.25) is 0 Å². The second-order valence-corrected chi connectivity index (χ2v) is 3.10. The lowest BCUT2D eigenvalue weighted by Gasteiger charge is -2.12. The molecule has 1 aromatic rings. The molecule has 0 saturated heterocycles. The lowest BCUT2D eigenvalue weighted by atomic mass is 10.3. The third kappa shape index (κ3) is 3.26. The quantitative estimate of drug-likeness (QED) is 0.795. The van der Waals surface area contributed by atoms with E-state index in [1.807, 2.05) is 0 Å². The van der Waals surface area contributed by atoms with Gasteiger partial charge in [-0.05, 0) is 13.8 Å². The molecular formula is C8H11F3N4. The molecule has 0 spiro atoms. The van der Waals surface area contributed by atoms with Crippen LogP contribution in [0.5, 0.6) is 0 Å². The molecule has 0 unspecified atom stereocenters. The largest absolute Gasteiger partial charge is 0.405 e. The number of rotatable bonds is 2. The number of aryl methyl sites for hydroxylation is 1. The second kappa shape index (κ2) is 3.92. The van der Waals surface area contributed by atoms with Crippen LogP contribution >= 0.6 is 0 Å². The van der Waals surface area contributed by atoms with Crippen molar-refractivity contribution in [2.24, 2.45) is 0 Å². The molecule has 84 valence electrons. The molecule has 15 heavy (non-hydrogen) atoms. The van der Waals surface area contributed by atoms with Crippen molar-refractivity contribution < 1.29 is 13.2 Å². The zero-order valence-corrected chi connectivity index (χ0v) is 8.31. The van der Waals surface area contributed by atoms with Crippen LogP contribution in [0.2, 0.25) is 0 Å². The van der Waals surface area contributed by atoms with Crippen LogP contribution in [0.25, 0.3) is 0 Å². The molecule has 0 fully saturated rings. The highest BCUT2D eigenvalue weighted by Gasteiger charge is 2.27. The van der Waals surface area contributed by atoms with E-state index in [0.717, 1.165) is 0 Å². The first kappa shape index (κ1) is 11.5. The number of alkyl halides is 3. The Morgan fingerprint density at radius 1 is 1.27 bits per heavy atom. The van der Waals surface area contributed by atoms with Crippen molar-refractivity contribution in [3.05, 3.63) is 11.4 Å². The summed E-state index contributed by atoms with van der Waals surface area (Å²) in [6.45, 7) is 1.99. The minimum Gasteiger partial charge on any atom is -0.383 e. The molecule has 1 aromatic heterocycles. The zero-order chi connectivity index (χ0) is 11.6. The smallest absolute Gasteiger partial charge is 0.383 e. The molecule has 0 aromatic carbocycles. The fourth-order valence-electron chi connectivity index (χ4n) is 1.01. The van der Waals surface area contributed by atoms with Gasteiger partial charge in [0.05, 0.1) is 0 Å². The summed E-state index contributed by atoms with van der Waals surface area (Å²) in [4.78, 5) is 7.66. The van der Waals surface area contributed by atoms with Crippen molar-refractivity contribution in [2.45, 2.75) is 20.0 Å². The molecule has 0 amide bonds. The van der Waals surface area contributed by atoms with Crippen molar-refractivity contribution >= 4 is 11.6 Å². The topological polar surface area (TPSA) is 63.8 Å². The molecule has 0 bridgehead atoms. The summed E-state index contributed by atoms with van der Waals surface area (Å²) >= 11 is 0. The van der Waals surface area contributed by atoms with Gasteiger partial charge in [-0.1, -0.05) is 0 Å². The maximum atomic E-state index is 11.9. The maximum Gasteiger partial charge on any atom is 0.405 e. The highest BCUT2D eigenvalue weighted by Crippen LogP contribution is 2.20. The van der Waals surface area contributed by atoms with Crippen LogP contribution in [0.15, 0.2) is 0 Å². The molecular weight excluding hydrogens is 209 g/mol.